The van der Waals surface area contributed by atoms with Gasteiger partial charge in [-0.3, -0.25) is 0 Å². The molecule has 1 unspecified atom stereocenters. The van der Waals surface area contributed by atoms with Gasteiger partial charge in [-0.1, -0.05) is 27.2 Å². The van der Waals surface area contributed by atoms with Crippen LogP contribution in [0, 0.1) is 0 Å². The molecule has 0 aromatic heterocycles. The first-order chi connectivity index (χ1) is 7.10. The smallest absolute Gasteiger partial charge is 0.157 e. The normalized spacial score (nSPS) is 12.7. The highest BCUT2D eigenvalue weighted by Gasteiger charge is 2.12. The number of aryl methyl sites for hydroxylation is 1. The lowest BCUT2D eigenvalue weighted by Crippen LogP contribution is -1.98. The lowest BCUT2D eigenvalue weighted by atomic mass is 9.90. The predicted octanol–water partition coefficient (Wildman–Crippen LogP) is 3.56. The SMILES string of the molecule is CCCC(C)c1cc(O)c(O)cc1CC. The van der Waals surface area contributed by atoms with Gasteiger partial charge >= 0.3 is 0 Å². The van der Waals surface area contributed by atoms with Gasteiger partial charge in [0.2, 0.25) is 0 Å². The Morgan fingerprint density at radius 1 is 1.13 bits per heavy atom. The number of rotatable bonds is 4. The molecule has 0 fully saturated rings. The van der Waals surface area contributed by atoms with Crippen LogP contribution in [-0.4, -0.2) is 10.2 Å². The minimum absolute atomic E-state index is 0.00912. The number of phenols is 2. The quantitative estimate of drug-likeness (QED) is 0.743. The molecule has 0 amide bonds. The Morgan fingerprint density at radius 2 is 1.73 bits per heavy atom. The molecule has 1 aromatic rings. The maximum Gasteiger partial charge on any atom is 0.157 e. The van der Waals surface area contributed by atoms with Crippen LogP contribution in [0.5, 0.6) is 11.5 Å². The highest BCUT2D eigenvalue weighted by molar-refractivity contribution is 5.46. The van der Waals surface area contributed by atoms with Crippen LogP contribution in [0.2, 0.25) is 0 Å². The maximum atomic E-state index is 9.49. The molecule has 1 aromatic carbocycles. The molecule has 1 atom stereocenters. The van der Waals surface area contributed by atoms with Gasteiger partial charge < -0.3 is 10.2 Å². The second kappa shape index (κ2) is 5.06. The van der Waals surface area contributed by atoms with Crippen LogP contribution in [-0.2, 0) is 6.42 Å². The predicted molar refractivity (Wildman–Crippen MR) is 62.5 cm³/mol. The number of aromatic hydroxyl groups is 2. The van der Waals surface area contributed by atoms with Crippen molar-refractivity contribution in [2.75, 3.05) is 0 Å². The number of benzene rings is 1. The molecule has 0 heterocycles. The van der Waals surface area contributed by atoms with Crippen molar-refractivity contribution in [3.05, 3.63) is 23.3 Å². The number of hydrogen-bond donors (Lipinski definition) is 2. The van der Waals surface area contributed by atoms with Crippen molar-refractivity contribution in [2.24, 2.45) is 0 Å². The molecule has 2 N–H and O–H groups in total. The summed E-state index contributed by atoms with van der Waals surface area (Å²) in [5, 5.41) is 18.9. The van der Waals surface area contributed by atoms with E-state index in [1.807, 2.05) is 0 Å². The van der Waals surface area contributed by atoms with E-state index < -0.39 is 0 Å². The van der Waals surface area contributed by atoms with Gasteiger partial charge in [0.05, 0.1) is 0 Å². The highest BCUT2D eigenvalue weighted by atomic mass is 16.3. The fourth-order valence-electron chi connectivity index (χ4n) is 1.99. The average Bonchev–Trinajstić information content (AvgIpc) is 2.21. The van der Waals surface area contributed by atoms with E-state index in [2.05, 4.69) is 20.8 Å². The summed E-state index contributed by atoms with van der Waals surface area (Å²) in [4.78, 5) is 0. The monoisotopic (exact) mass is 208 g/mol. The molecule has 84 valence electrons. The molecule has 15 heavy (non-hydrogen) atoms. The standard InChI is InChI=1S/C13H20O2/c1-4-6-9(3)11-8-13(15)12(14)7-10(11)5-2/h7-9,14-15H,4-6H2,1-3H3. The summed E-state index contributed by atoms with van der Waals surface area (Å²) in [7, 11) is 0. The van der Waals surface area contributed by atoms with Crippen molar-refractivity contribution >= 4 is 0 Å². The molecule has 0 aliphatic rings. The Labute approximate surface area is 91.6 Å². The van der Waals surface area contributed by atoms with Gasteiger partial charge in [-0.05, 0) is 42.0 Å². The molecule has 1 rings (SSSR count). The van der Waals surface area contributed by atoms with Crippen LogP contribution in [0.1, 0.15) is 50.7 Å². The molecular formula is C13H20O2. The fourth-order valence-corrected chi connectivity index (χ4v) is 1.99. The summed E-state index contributed by atoms with van der Waals surface area (Å²) in [6.45, 7) is 6.38. The minimum Gasteiger partial charge on any atom is -0.504 e. The Morgan fingerprint density at radius 3 is 2.27 bits per heavy atom. The zero-order valence-corrected chi connectivity index (χ0v) is 9.75. The Bertz CT molecular complexity index is 332. The Hall–Kier alpha value is -1.18. The first-order valence-electron chi connectivity index (χ1n) is 5.64. The molecule has 0 aliphatic carbocycles. The van der Waals surface area contributed by atoms with Crippen LogP contribution < -0.4 is 0 Å². The van der Waals surface area contributed by atoms with Gasteiger partial charge in [0, 0.05) is 0 Å². The van der Waals surface area contributed by atoms with Crippen LogP contribution in [0.4, 0.5) is 0 Å². The van der Waals surface area contributed by atoms with E-state index in [0.29, 0.717) is 5.92 Å². The third-order valence-corrected chi connectivity index (χ3v) is 2.87. The first kappa shape index (κ1) is 11.9. The second-order valence-electron chi connectivity index (χ2n) is 4.08. The van der Waals surface area contributed by atoms with E-state index in [1.165, 1.54) is 0 Å². The molecule has 2 heteroatoms. The van der Waals surface area contributed by atoms with Gasteiger partial charge in [-0.2, -0.15) is 0 Å². The van der Waals surface area contributed by atoms with Crippen molar-refractivity contribution in [2.45, 2.75) is 46.0 Å². The molecule has 0 bridgehead atoms. The van der Waals surface area contributed by atoms with Crippen LogP contribution >= 0.6 is 0 Å². The molecule has 0 saturated carbocycles. The van der Waals surface area contributed by atoms with Gasteiger partial charge in [0.15, 0.2) is 11.5 Å². The lowest BCUT2D eigenvalue weighted by molar-refractivity contribution is 0.402. The van der Waals surface area contributed by atoms with Crippen molar-refractivity contribution in [1.29, 1.82) is 0 Å². The summed E-state index contributed by atoms with van der Waals surface area (Å²) in [5.41, 5.74) is 2.29. The van der Waals surface area contributed by atoms with Crippen molar-refractivity contribution in [3.8, 4) is 11.5 Å². The van der Waals surface area contributed by atoms with Gasteiger partial charge in [0.25, 0.3) is 0 Å². The number of phenolic OH excluding ortho intramolecular Hbond substituents is 2. The summed E-state index contributed by atoms with van der Waals surface area (Å²) < 4.78 is 0. The first-order valence-corrected chi connectivity index (χ1v) is 5.64. The maximum absolute atomic E-state index is 9.49. The molecule has 2 nitrogen and oxygen atoms in total. The summed E-state index contributed by atoms with van der Waals surface area (Å²) in [6, 6.07) is 3.38. The second-order valence-corrected chi connectivity index (χ2v) is 4.08. The lowest BCUT2D eigenvalue weighted by Gasteiger charge is -2.16. The van der Waals surface area contributed by atoms with Crippen molar-refractivity contribution in [3.63, 3.8) is 0 Å². The van der Waals surface area contributed by atoms with E-state index in [0.717, 1.165) is 30.4 Å². The van der Waals surface area contributed by atoms with E-state index >= 15 is 0 Å². The van der Waals surface area contributed by atoms with Crippen molar-refractivity contribution in [1.82, 2.24) is 0 Å². The average molecular weight is 208 g/mol. The van der Waals surface area contributed by atoms with E-state index in [9.17, 15) is 10.2 Å². The third kappa shape index (κ3) is 2.65. The summed E-state index contributed by atoms with van der Waals surface area (Å²) in [6.07, 6.45) is 3.13. The van der Waals surface area contributed by atoms with Gasteiger partial charge in [-0.25, -0.2) is 0 Å². The summed E-state index contributed by atoms with van der Waals surface area (Å²) in [5.74, 6) is 0.418. The summed E-state index contributed by atoms with van der Waals surface area (Å²) >= 11 is 0. The highest BCUT2D eigenvalue weighted by Crippen LogP contribution is 2.33. The van der Waals surface area contributed by atoms with Crippen LogP contribution in [0.3, 0.4) is 0 Å². The molecule has 0 saturated heterocycles. The largest absolute Gasteiger partial charge is 0.504 e. The molecule has 0 aliphatic heterocycles. The van der Waals surface area contributed by atoms with Crippen LogP contribution in [0.15, 0.2) is 12.1 Å². The Balaban J connectivity index is 3.09. The van der Waals surface area contributed by atoms with E-state index in [1.54, 1.807) is 12.1 Å². The molecule has 0 spiro atoms. The molecule has 0 radical (unpaired) electrons. The van der Waals surface area contributed by atoms with Gasteiger partial charge in [-0.15, -0.1) is 0 Å². The van der Waals surface area contributed by atoms with E-state index in [4.69, 9.17) is 0 Å². The molecular weight excluding hydrogens is 188 g/mol. The van der Waals surface area contributed by atoms with Crippen molar-refractivity contribution < 1.29 is 10.2 Å². The topological polar surface area (TPSA) is 40.5 Å². The fraction of sp³-hybridized carbons (Fsp3) is 0.538. The van der Waals surface area contributed by atoms with Crippen LogP contribution in [0.25, 0.3) is 0 Å². The minimum atomic E-state index is -0.0145. The Kier molecular flexibility index (Phi) is 4.01. The zero-order chi connectivity index (χ0) is 11.4. The van der Waals surface area contributed by atoms with E-state index in [-0.39, 0.29) is 11.5 Å². The van der Waals surface area contributed by atoms with Gasteiger partial charge in [0.1, 0.15) is 0 Å². The number of hydrogen-bond acceptors (Lipinski definition) is 2. The zero-order valence-electron chi connectivity index (χ0n) is 9.75. The third-order valence-electron chi connectivity index (χ3n) is 2.87.